The molecule has 1 aliphatic rings. The summed E-state index contributed by atoms with van der Waals surface area (Å²) >= 11 is 0. The van der Waals surface area contributed by atoms with Crippen LogP contribution in [0, 0.1) is 18.8 Å². The molecule has 0 bridgehead atoms. The molecule has 3 heteroatoms. The summed E-state index contributed by atoms with van der Waals surface area (Å²) in [5.41, 5.74) is 8.51. The van der Waals surface area contributed by atoms with Gasteiger partial charge in [-0.25, -0.2) is 0 Å². The van der Waals surface area contributed by atoms with E-state index in [1.165, 1.54) is 19.3 Å². The molecule has 19 heavy (non-hydrogen) atoms. The monoisotopic (exact) mass is 261 g/mol. The van der Waals surface area contributed by atoms with Crippen molar-refractivity contribution < 1.29 is 0 Å². The quantitative estimate of drug-likeness (QED) is 0.906. The summed E-state index contributed by atoms with van der Waals surface area (Å²) in [6.45, 7) is 6.39. The molecular weight excluding hydrogens is 234 g/mol. The molecule has 2 N–H and O–H groups in total. The van der Waals surface area contributed by atoms with Gasteiger partial charge >= 0.3 is 0 Å². The Hall–Kier alpha value is -0.930. The van der Waals surface area contributed by atoms with E-state index in [9.17, 15) is 0 Å². The number of rotatable bonds is 4. The predicted molar refractivity (Wildman–Crippen MR) is 79.8 cm³/mol. The fourth-order valence-corrected chi connectivity index (χ4v) is 3.16. The van der Waals surface area contributed by atoms with Crippen molar-refractivity contribution in [1.82, 2.24) is 9.88 Å². The molecule has 1 fully saturated rings. The second-order valence-electron chi connectivity index (χ2n) is 6.31. The van der Waals surface area contributed by atoms with E-state index in [2.05, 4.69) is 36.0 Å². The number of nitrogens with two attached hydrogens (primary N) is 1. The minimum absolute atomic E-state index is 0.379. The Bertz CT molecular complexity index is 405. The van der Waals surface area contributed by atoms with Crippen LogP contribution in [0.2, 0.25) is 0 Å². The fourth-order valence-electron chi connectivity index (χ4n) is 3.16. The van der Waals surface area contributed by atoms with Crippen LogP contribution in [0.1, 0.15) is 37.6 Å². The van der Waals surface area contributed by atoms with Gasteiger partial charge in [0, 0.05) is 24.8 Å². The summed E-state index contributed by atoms with van der Waals surface area (Å²) < 4.78 is 0. The van der Waals surface area contributed by atoms with Gasteiger partial charge < -0.3 is 10.6 Å². The molecule has 1 aromatic heterocycles. The molecule has 0 radical (unpaired) electrons. The van der Waals surface area contributed by atoms with E-state index >= 15 is 0 Å². The van der Waals surface area contributed by atoms with E-state index in [4.69, 9.17) is 5.73 Å². The Morgan fingerprint density at radius 3 is 2.89 bits per heavy atom. The van der Waals surface area contributed by atoms with Crippen LogP contribution in [-0.2, 0) is 6.54 Å². The molecule has 1 aliphatic carbocycles. The van der Waals surface area contributed by atoms with E-state index in [-0.39, 0.29) is 0 Å². The van der Waals surface area contributed by atoms with Gasteiger partial charge in [0.1, 0.15) is 0 Å². The fraction of sp³-hybridized carbons (Fsp3) is 0.688. The minimum atomic E-state index is 0.379. The van der Waals surface area contributed by atoms with Crippen molar-refractivity contribution >= 4 is 0 Å². The van der Waals surface area contributed by atoms with Crippen molar-refractivity contribution in [2.45, 2.75) is 45.7 Å². The predicted octanol–water partition coefficient (Wildman–Crippen LogP) is 2.59. The molecule has 0 spiro atoms. The first-order valence-electron chi connectivity index (χ1n) is 7.41. The highest BCUT2D eigenvalue weighted by molar-refractivity contribution is 5.09. The van der Waals surface area contributed by atoms with Gasteiger partial charge in [0.05, 0.1) is 5.69 Å². The molecule has 0 saturated heterocycles. The average molecular weight is 261 g/mol. The standard InChI is InChI=1S/C16H27N3/c1-12-7-8-16(17)14(9-12)10-19(3)11-15-6-4-5-13(2)18-15/h4-6,12,14,16H,7-11,17H2,1-3H3. The van der Waals surface area contributed by atoms with Crippen molar-refractivity contribution in [2.24, 2.45) is 17.6 Å². The Balaban J connectivity index is 1.88. The van der Waals surface area contributed by atoms with E-state index in [1.807, 2.05) is 13.0 Å². The topological polar surface area (TPSA) is 42.1 Å². The number of hydrogen-bond donors (Lipinski definition) is 1. The van der Waals surface area contributed by atoms with Crippen LogP contribution in [0.3, 0.4) is 0 Å². The van der Waals surface area contributed by atoms with Crippen LogP contribution in [-0.4, -0.2) is 29.5 Å². The second-order valence-corrected chi connectivity index (χ2v) is 6.31. The number of hydrogen-bond acceptors (Lipinski definition) is 3. The Kier molecular flexibility index (Phi) is 4.94. The van der Waals surface area contributed by atoms with Gasteiger partial charge in [-0.3, -0.25) is 4.98 Å². The lowest BCUT2D eigenvalue weighted by atomic mass is 9.79. The third-order valence-electron chi connectivity index (χ3n) is 4.23. The van der Waals surface area contributed by atoms with Crippen LogP contribution < -0.4 is 5.73 Å². The van der Waals surface area contributed by atoms with Crippen LogP contribution >= 0.6 is 0 Å². The van der Waals surface area contributed by atoms with Crippen LogP contribution in [0.15, 0.2) is 18.2 Å². The van der Waals surface area contributed by atoms with Crippen LogP contribution in [0.25, 0.3) is 0 Å². The van der Waals surface area contributed by atoms with Crippen molar-refractivity contribution in [3.63, 3.8) is 0 Å². The first kappa shape index (κ1) is 14.5. The summed E-state index contributed by atoms with van der Waals surface area (Å²) in [6, 6.07) is 6.61. The highest BCUT2D eigenvalue weighted by Gasteiger charge is 2.26. The number of nitrogens with zero attached hydrogens (tertiary/aromatic N) is 2. The third kappa shape index (κ3) is 4.29. The first-order chi connectivity index (χ1) is 9.04. The molecule has 3 nitrogen and oxygen atoms in total. The largest absolute Gasteiger partial charge is 0.327 e. The summed E-state index contributed by atoms with van der Waals surface area (Å²) in [4.78, 5) is 6.93. The molecule has 2 rings (SSSR count). The first-order valence-corrected chi connectivity index (χ1v) is 7.41. The third-order valence-corrected chi connectivity index (χ3v) is 4.23. The molecule has 1 aromatic rings. The average Bonchev–Trinajstić information content (AvgIpc) is 2.34. The summed E-state index contributed by atoms with van der Waals surface area (Å²) in [6.07, 6.45) is 3.75. The second kappa shape index (κ2) is 6.49. The zero-order valence-corrected chi connectivity index (χ0v) is 12.5. The van der Waals surface area contributed by atoms with E-state index < -0.39 is 0 Å². The lowest BCUT2D eigenvalue weighted by molar-refractivity contribution is 0.176. The summed E-state index contributed by atoms with van der Waals surface area (Å²) in [5.74, 6) is 1.47. The van der Waals surface area contributed by atoms with Crippen molar-refractivity contribution in [2.75, 3.05) is 13.6 Å². The van der Waals surface area contributed by atoms with Crippen LogP contribution in [0.4, 0.5) is 0 Å². The number of aromatic nitrogens is 1. The van der Waals surface area contributed by atoms with Gasteiger partial charge in [-0.05, 0) is 57.2 Å². The molecule has 3 atom stereocenters. The lowest BCUT2D eigenvalue weighted by Crippen LogP contribution is -2.41. The summed E-state index contributed by atoms with van der Waals surface area (Å²) in [5, 5.41) is 0. The molecule has 0 aromatic carbocycles. The molecule has 0 aliphatic heterocycles. The molecule has 106 valence electrons. The SMILES string of the molecule is Cc1cccc(CN(C)CC2CC(C)CCC2N)n1. The van der Waals surface area contributed by atoms with Gasteiger partial charge in [-0.1, -0.05) is 13.0 Å². The molecule has 1 heterocycles. The maximum atomic E-state index is 6.26. The molecular formula is C16H27N3. The highest BCUT2D eigenvalue weighted by atomic mass is 15.1. The normalized spacial score (nSPS) is 27.7. The molecule has 1 saturated carbocycles. The Morgan fingerprint density at radius 2 is 2.16 bits per heavy atom. The zero-order valence-electron chi connectivity index (χ0n) is 12.5. The smallest absolute Gasteiger partial charge is 0.0547 e. The Labute approximate surface area is 117 Å². The van der Waals surface area contributed by atoms with Gasteiger partial charge in [0.25, 0.3) is 0 Å². The van der Waals surface area contributed by atoms with Crippen molar-refractivity contribution in [3.8, 4) is 0 Å². The zero-order chi connectivity index (χ0) is 13.8. The number of aryl methyl sites for hydroxylation is 1. The highest BCUT2D eigenvalue weighted by Crippen LogP contribution is 2.28. The van der Waals surface area contributed by atoms with Gasteiger partial charge in [-0.2, -0.15) is 0 Å². The van der Waals surface area contributed by atoms with E-state index in [0.29, 0.717) is 12.0 Å². The van der Waals surface area contributed by atoms with Gasteiger partial charge in [0.15, 0.2) is 0 Å². The summed E-state index contributed by atoms with van der Waals surface area (Å²) in [7, 11) is 2.18. The maximum Gasteiger partial charge on any atom is 0.0547 e. The van der Waals surface area contributed by atoms with Gasteiger partial charge in [-0.15, -0.1) is 0 Å². The Morgan fingerprint density at radius 1 is 1.37 bits per heavy atom. The number of pyridine rings is 1. The van der Waals surface area contributed by atoms with E-state index in [1.54, 1.807) is 0 Å². The van der Waals surface area contributed by atoms with E-state index in [0.717, 1.165) is 30.4 Å². The van der Waals surface area contributed by atoms with Crippen molar-refractivity contribution in [1.29, 1.82) is 0 Å². The molecule has 0 amide bonds. The van der Waals surface area contributed by atoms with Crippen LogP contribution in [0.5, 0.6) is 0 Å². The van der Waals surface area contributed by atoms with Crippen molar-refractivity contribution in [3.05, 3.63) is 29.6 Å². The lowest BCUT2D eigenvalue weighted by Gasteiger charge is -2.35. The van der Waals surface area contributed by atoms with Gasteiger partial charge in [0.2, 0.25) is 0 Å². The molecule has 3 unspecified atom stereocenters. The minimum Gasteiger partial charge on any atom is -0.327 e. The maximum absolute atomic E-state index is 6.26.